The van der Waals surface area contributed by atoms with Gasteiger partial charge in [0.1, 0.15) is 0 Å². The quantitative estimate of drug-likeness (QED) is 0.863. The molecule has 2 N–H and O–H groups in total. The second-order valence-corrected chi connectivity index (χ2v) is 8.04. The van der Waals surface area contributed by atoms with Crippen LogP contribution in [0.4, 0.5) is 5.69 Å². The van der Waals surface area contributed by atoms with Gasteiger partial charge in [0.05, 0.1) is 4.90 Å². The molecular formula is C16H23N3O3S. The summed E-state index contributed by atoms with van der Waals surface area (Å²) in [6.07, 6.45) is 2.56. The van der Waals surface area contributed by atoms with Gasteiger partial charge in [-0.05, 0) is 50.4 Å². The third-order valence-electron chi connectivity index (χ3n) is 4.71. The third-order valence-corrected chi connectivity index (χ3v) is 6.20. The predicted molar refractivity (Wildman–Crippen MR) is 89.0 cm³/mol. The summed E-state index contributed by atoms with van der Waals surface area (Å²) in [6.45, 7) is 5.04. The van der Waals surface area contributed by atoms with Gasteiger partial charge in [-0.2, -0.15) is 0 Å². The van der Waals surface area contributed by atoms with Gasteiger partial charge in [-0.25, -0.2) is 13.1 Å². The molecule has 1 amide bonds. The molecule has 3 rings (SSSR count). The number of hydrogen-bond acceptors (Lipinski definition) is 4. The largest absolute Gasteiger partial charge is 0.313 e. The highest BCUT2D eigenvalue weighted by Gasteiger charge is 2.29. The first-order chi connectivity index (χ1) is 10.9. The lowest BCUT2D eigenvalue weighted by atomic mass is 10.0. The van der Waals surface area contributed by atoms with E-state index in [0.717, 1.165) is 37.1 Å². The fourth-order valence-corrected chi connectivity index (χ4v) is 4.70. The Bertz CT molecular complexity index is 717. The monoisotopic (exact) mass is 337 g/mol. The van der Waals surface area contributed by atoms with Crippen LogP contribution in [-0.4, -0.2) is 39.5 Å². The average molecular weight is 337 g/mol. The van der Waals surface area contributed by atoms with Crippen LogP contribution in [0.5, 0.6) is 0 Å². The van der Waals surface area contributed by atoms with Gasteiger partial charge in [-0.1, -0.05) is 6.07 Å². The number of carbonyl (C=O) groups is 1. The fraction of sp³-hybridized carbons (Fsp3) is 0.562. The van der Waals surface area contributed by atoms with E-state index in [1.807, 2.05) is 13.0 Å². The van der Waals surface area contributed by atoms with Crippen LogP contribution in [0.3, 0.4) is 0 Å². The van der Waals surface area contributed by atoms with Crippen LogP contribution in [0, 0.1) is 0 Å². The van der Waals surface area contributed by atoms with E-state index in [1.54, 1.807) is 17.0 Å². The lowest BCUT2D eigenvalue weighted by Crippen LogP contribution is -2.51. The molecule has 2 aliphatic rings. The van der Waals surface area contributed by atoms with Gasteiger partial charge >= 0.3 is 0 Å². The predicted octanol–water partition coefficient (Wildman–Crippen LogP) is 1.01. The van der Waals surface area contributed by atoms with Crippen LogP contribution in [0.1, 0.15) is 32.3 Å². The minimum absolute atomic E-state index is 0.0589. The molecular weight excluding hydrogens is 314 g/mol. The summed E-state index contributed by atoms with van der Waals surface area (Å²) >= 11 is 0. The van der Waals surface area contributed by atoms with Gasteiger partial charge in [-0.3, -0.25) is 4.79 Å². The van der Waals surface area contributed by atoms with Gasteiger partial charge < -0.3 is 10.2 Å². The Morgan fingerprint density at radius 1 is 1.39 bits per heavy atom. The smallest absolute Gasteiger partial charge is 0.240 e. The number of amides is 1. The summed E-state index contributed by atoms with van der Waals surface area (Å²) in [5.74, 6) is -0.0589. The van der Waals surface area contributed by atoms with Gasteiger partial charge in [0.2, 0.25) is 15.9 Å². The minimum atomic E-state index is -3.59. The van der Waals surface area contributed by atoms with Crippen molar-refractivity contribution in [1.82, 2.24) is 10.0 Å². The molecule has 7 heteroatoms. The molecule has 1 saturated heterocycles. The zero-order valence-corrected chi connectivity index (χ0v) is 14.3. The molecule has 0 bridgehead atoms. The lowest BCUT2D eigenvalue weighted by Gasteiger charge is -2.30. The Morgan fingerprint density at radius 2 is 2.17 bits per heavy atom. The number of sulfonamides is 1. The van der Waals surface area contributed by atoms with E-state index in [2.05, 4.69) is 10.0 Å². The number of piperidine rings is 1. The molecule has 126 valence electrons. The van der Waals surface area contributed by atoms with Gasteiger partial charge in [0.15, 0.2) is 0 Å². The van der Waals surface area contributed by atoms with Crippen LogP contribution in [0.2, 0.25) is 0 Å². The summed E-state index contributed by atoms with van der Waals surface area (Å²) in [7, 11) is -3.59. The van der Waals surface area contributed by atoms with Crippen molar-refractivity contribution in [3.8, 4) is 0 Å². The standard InChI is InChI=1S/C16H23N3O3S/c1-11-15(4-3-8-17-11)18-23(21,22)14-6-5-13-7-9-19(12(2)20)16(13)10-14/h5-6,10-11,15,17-18H,3-4,7-9H2,1-2H3. The summed E-state index contributed by atoms with van der Waals surface area (Å²) in [5.41, 5.74) is 1.74. The Labute approximate surface area is 137 Å². The Kier molecular flexibility index (Phi) is 4.44. The SMILES string of the molecule is CC(=O)N1CCc2ccc(S(=O)(=O)NC3CCCNC3C)cc21. The van der Waals surface area contributed by atoms with Crippen molar-refractivity contribution in [1.29, 1.82) is 0 Å². The van der Waals surface area contributed by atoms with E-state index in [4.69, 9.17) is 0 Å². The minimum Gasteiger partial charge on any atom is -0.313 e. The maximum atomic E-state index is 12.7. The number of benzene rings is 1. The highest BCUT2D eigenvalue weighted by Crippen LogP contribution is 2.30. The first-order valence-electron chi connectivity index (χ1n) is 8.05. The molecule has 1 aromatic rings. The second-order valence-electron chi connectivity index (χ2n) is 6.32. The molecule has 0 aromatic heterocycles. The van der Waals surface area contributed by atoms with Gasteiger partial charge in [-0.15, -0.1) is 0 Å². The number of hydrogen-bond donors (Lipinski definition) is 2. The van der Waals surface area contributed by atoms with E-state index < -0.39 is 10.0 Å². The molecule has 0 saturated carbocycles. The molecule has 1 fully saturated rings. The summed E-state index contributed by atoms with van der Waals surface area (Å²) in [5, 5.41) is 3.29. The molecule has 0 spiro atoms. The summed E-state index contributed by atoms with van der Waals surface area (Å²) in [6, 6.07) is 5.07. The summed E-state index contributed by atoms with van der Waals surface area (Å²) in [4.78, 5) is 13.5. The van der Waals surface area contributed by atoms with Crippen LogP contribution in [-0.2, 0) is 21.2 Å². The second kappa shape index (κ2) is 6.22. The first-order valence-corrected chi connectivity index (χ1v) is 9.53. The van der Waals surface area contributed by atoms with Gasteiger partial charge in [0.25, 0.3) is 0 Å². The Balaban J connectivity index is 1.86. The van der Waals surface area contributed by atoms with Crippen molar-refractivity contribution in [3.63, 3.8) is 0 Å². The van der Waals surface area contributed by atoms with E-state index in [0.29, 0.717) is 6.54 Å². The molecule has 2 unspecified atom stereocenters. The topological polar surface area (TPSA) is 78.5 Å². The van der Waals surface area contributed by atoms with Crippen LogP contribution < -0.4 is 14.9 Å². The number of nitrogens with zero attached hydrogens (tertiary/aromatic N) is 1. The molecule has 2 aliphatic heterocycles. The number of nitrogens with one attached hydrogen (secondary N) is 2. The van der Waals surface area contributed by atoms with Crippen LogP contribution in [0.15, 0.2) is 23.1 Å². The number of fused-ring (bicyclic) bond motifs is 1. The molecule has 2 heterocycles. The van der Waals surface area contributed by atoms with Crippen molar-refractivity contribution in [2.75, 3.05) is 18.0 Å². The van der Waals surface area contributed by atoms with Gasteiger partial charge in [0, 0.05) is 31.2 Å². The first kappa shape index (κ1) is 16.4. The fourth-order valence-electron chi connectivity index (χ4n) is 3.33. The molecule has 0 radical (unpaired) electrons. The van der Waals surface area contributed by atoms with Crippen LogP contribution in [0.25, 0.3) is 0 Å². The summed E-state index contributed by atoms with van der Waals surface area (Å²) < 4.78 is 28.2. The third kappa shape index (κ3) is 3.27. The molecule has 0 aliphatic carbocycles. The van der Waals surface area contributed by atoms with E-state index in [-0.39, 0.29) is 22.9 Å². The lowest BCUT2D eigenvalue weighted by molar-refractivity contribution is -0.116. The van der Waals surface area contributed by atoms with Crippen molar-refractivity contribution in [2.45, 2.75) is 50.1 Å². The highest BCUT2D eigenvalue weighted by molar-refractivity contribution is 7.89. The molecule has 6 nitrogen and oxygen atoms in total. The maximum Gasteiger partial charge on any atom is 0.240 e. The number of anilines is 1. The Hall–Kier alpha value is -1.44. The number of rotatable bonds is 3. The van der Waals surface area contributed by atoms with Crippen LogP contribution >= 0.6 is 0 Å². The zero-order chi connectivity index (χ0) is 16.6. The molecule has 23 heavy (non-hydrogen) atoms. The zero-order valence-electron chi connectivity index (χ0n) is 13.5. The molecule has 1 aromatic carbocycles. The van der Waals surface area contributed by atoms with E-state index in [1.165, 1.54) is 6.92 Å². The maximum absolute atomic E-state index is 12.7. The van der Waals surface area contributed by atoms with Crippen molar-refractivity contribution >= 4 is 21.6 Å². The van der Waals surface area contributed by atoms with Crippen molar-refractivity contribution in [2.24, 2.45) is 0 Å². The Morgan fingerprint density at radius 3 is 2.87 bits per heavy atom. The van der Waals surface area contributed by atoms with Crippen molar-refractivity contribution in [3.05, 3.63) is 23.8 Å². The molecule has 2 atom stereocenters. The number of carbonyl (C=O) groups excluding carboxylic acids is 1. The average Bonchev–Trinajstić information content (AvgIpc) is 2.92. The van der Waals surface area contributed by atoms with E-state index >= 15 is 0 Å². The van der Waals surface area contributed by atoms with E-state index in [9.17, 15) is 13.2 Å². The van der Waals surface area contributed by atoms with Crippen molar-refractivity contribution < 1.29 is 13.2 Å². The highest BCUT2D eigenvalue weighted by atomic mass is 32.2. The normalized spacial score (nSPS) is 24.5.